The van der Waals surface area contributed by atoms with Crippen molar-refractivity contribution in [3.8, 4) is 22.3 Å². The summed E-state index contributed by atoms with van der Waals surface area (Å²) in [5, 5.41) is 4.74. The predicted octanol–water partition coefficient (Wildman–Crippen LogP) is 13.9. The van der Waals surface area contributed by atoms with Crippen LogP contribution >= 0.6 is 0 Å². The van der Waals surface area contributed by atoms with Crippen LogP contribution in [-0.2, 0) is 5.41 Å². The molecule has 2 heteroatoms. The smallest absolute Gasteiger partial charge is 0.159 e. The van der Waals surface area contributed by atoms with E-state index >= 15 is 0 Å². The van der Waals surface area contributed by atoms with Crippen LogP contribution in [0.5, 0.6) is 0 Å². The molecule has 0 radical (unpaired) electrons. The Morgan fingerprint density at radius 1 is 0.588 bits per heavy atom. The largest absolute Gasteiger partial charge is 0.454 e. The van der Waals surface area contributed by atoms with Gasteiger partial charge < -0.3 is 9.32 Å². The normalized spacial score (nSPS) is 14.7. The second-order valence-electron chi connectivity index (χ2n) is 14.4. The van der Waals surface area contributed by atoms with Crippen molar-refractivity contribution in [3.63, 3.8) is 0 Å². The first-order chi connectivity index (χ1) is 25.1. The number of anilines is 3. The van der Waals surface area contributed by atoms with Crippen LogP contribution in [0.25, 0.3) is 60.5 Å². The quantitative estimate of drug-likeness (QED) is 0.183. The summed E-state index contributed by atoms with van der Waals surface area (Å²) in [5.74, 6) is 0. The molecular formula is C49H37NO. The van der Waals surface area contributed by atoms with Crippen LogP contribution in [0.1, 0.15) is 37.8 Å². The molecule has 244 valence electrons. The van der Waals surface area contributed by atoms with Crippen LogP contribution in [0.3, 0.4) is 0 Å². The van der Waals surface area contributed by atoms with Gasteiger partial charge in [0, 0.05) is 27.4 Å². The number of furan rings is 1. The molecule has 2 aliphatic rings. The number of para-hydroxylation sites is 3. The Kier molecular flexibility index (Phi) is 6.69. The highest BCUT2D eigenvalue weighted by molar-refractivity contribution is 6.11. The second kappa shape index (κ2) is 11.5. The number of fused-ring (bicyclic) bond motifs is 6. The Morgan fingerprint density at radius 2 is 1.29 bits per heavy atom. The molecule has 51 heavy (non-hydrogen) atoms. The van der Waals surface area contributed by atoms with Gasteiger partial charge in [0.05, 0.1) is 11.4 Å². The van der Waals surface area contributed by atoms with Crippen molar-refractivity contribution in [1.29, 1.82) is 0 Å². The molecule has 0 unspecified atom stereocenters. The number of hydrogen-bond acceptors (Lipinski definition) is 2. The minimum atomic E-state index is -0.00146. The molecule has 7 aromatic carbocycles. The first-order valence-electron chi connectivity index (χ1n) is 18.0. The van der Waals surface area contributed by atoms with Gasteiger partial charge in [-0.25, -0.2) is 0 Å². The summed E-state index contributed by atoms with van der Waals surface area (Å²) >= 11 is 0. The van der Waals surface area contributed by atoms with Gasteiger partial charge in [0.2, 0.25) is 0 Å². The van der Waals surface area contributed by atoms with Crippen molar-refractivity contribution >= 4 is 55.3 Å². The van der Waals surface area contributed by atoms with Crippen molar-refractivity contribution in [2.24, 2.45) is 0 Å². The Labute approximate surface area is 298 Å². The van der Waals surface area contributed by atoms with Gasteiger partial charge in [0.1, 0.15) is 5.58 Å². The van der Waals surface area contributed by atoms with E-state index in [0.717, 1.165) is 51.8 Å². The van der Waals surface area contributed by atoms with E-state index in [4.69, 9.17) is 4.42 Å². The molecule has 0 aliphatic heterocycles. The Hall–Kier alpha value is -6.12. The maximum atomic E-state index is 6.70. The average Bonchev–Trinajstić information content (AvgIpc) is 3.68. The number of benzene rings is 7. The zero-order valence-electron chi connectivity index (χ0n) is 28.9. The molecule has 1 aromatic heterocycles. The van der Waals surface area contributed by atoms with E-state index in [9.17, 15) is 0 Å². The maximum absolute atomic E-state index is 6.70. The lowest BCUT2D eigenvalue weighted by Gasteiger charge is -2.29. The van der Waals surface area contributed by atoms with E-state index in [1.54, 1.807) is 5.57 Å². The third-order valence-corrected chi connectivity index (χ3v) is 11.2. The molecule has 10 rings (SSSR count). The zero-order valence-corrected chi connectivity index (χ0v) is 28.9. The highest BCUT2D eigenvalue weighted by Gasteiger charge is 2.39. The fourth-order valence-electron chi connectivity index (χ4n) is 8.68. The third-order valence-electron chi connectivity index (χ3n) is 11.2. The molecule has 0 spiro atoms. The van der Waals surface area contributed by atoms with E-state index in [1.165, 1.54) is 49.7 Å². The fraction of sp³-hybridized carbons (Fsp3) is 0.102. The van der Waals surface area contributed by atoms with E-state index < -0.39 is 0 Å². The standard InChI is InChI=1S/C49H37NO/c1-49(2)42-20-8-5-17-41(42)47-39(18-11-21-43(47)49)37-15-6-9-22-44(37)50(45-23-12-19-40-38-16-7-10-24-46(38)51-48(40)45)36-29-27-33(28-30-36)35-26-25-32-13-3-4-14-34(32)31-35/h3-7,9-19,21-31H,8,20H2,1-2H3. The van der Waals surface area contributed by atoms with Crippen molar-refractivity contribution < 1.29 is 4.42 Å². The minimum Gasteiger partial charge on any atom is -0.454 e. The molecule has 0 atom stereocenters. The molecule has 0 N–H and O–H groups in total. The van der Waals surface area contributed by atoms with E-state index in [0.29, 0.717) is 0 Å². The Bertz CT molecular complexity index is 2720. The first kappa shape index (κ1) is 29.8. The molecule has 2 nitrogen and oxygen atoms in total. The molecule has 0 saturated heterocycles. The van der Waals surface area contributed by atoms with Crippen LogP contribution in [0, 0.1) is 0 Å². The van der Waals surface area contributed by atoms with E-state index in [2.05, 4.69) is 176 Å². The molecule has 8 aromatic rings. The lowest BCUT2D eigenvalue weighted by Crippen LogP contribution is -2.17. The van der Waals surface area contributed by atoms with E-state index in [-0.39, 0.29) is 5.41 Å². The van der Waals surface area contributed by atoms with Crippen LogP contribution in [-0.4, -0.2) is 0 Å². The van der Waals surface area contributed by atoms with Crippen LogP contribution in [0.4, 0.5) is 17.1 Å². The Morgan fingerprint density at radius 3 is 2.20 bits per heavy atom. The van der Waals surface area contributed by atoms with Crippen molar-refractivity contribution in [2.75, 3.05) is 4.90 Å². The molecule has 0 saturated carbocycles. The summed E-state index contributed by atoms with van der Waals surface area (Å²) in [7, 11) is 0. The number of hydrogen-bond donors (Lipinski definition) is 0. The summed E-state index contributed by atoms with van der Waals surface area (Å²) in [6.45, 7) is 4.80. The number of rotatable bonds is 5. The minimum absolute atomic E-state index is 0.00146. The zero-order chi connectivity index (χ0) is 34.1. The molecule has 0 fully saturated rings. The van der Waals surface area contributed by atoms with Crippen LogP contribution in [0.15, 0.2) is 174 Å². The summed E-state index contributed by atoms with van der Waals surface area (Å²) in [5.41, 5.74) is 15.6. The molecule has 1 heterocycles. The lowest BCUT2D eigenvalue weighted by molar-refractivity contribution is 0.607. The van der Waals surface area contributed by atoms with Crippen molar-refractivity contribution in [3.05, 3.63) is 181 Å². The van der Waals surface area contributed by atoms with Gasteiger partial charge >= 0.3 is 0 Å². The fourth-order valence-corrected chi connectivity index (χ4v) is 8.68. The summed E-state index contributed by atoms with van der Waals surface area (Å²) < 4.78 is 6.70. The summed E-state index contributed by atoms with van der Waals surface area (Å²) in [6.07, 6.45) is 6.93. The highest BCUT2D eigenvalue weighted by atomic mass is 16.3. The van der Waals surface area contributed by atoms with Gasteiger partial charge in [-0.15, -0.1) is 0 Å². The molecule has 0 bridgehead atoms. The SMILES string of the molecule is CC1(C)C2=C(C=CCC2)c2c(-c3ccccc3N(c3ccc(-c4ccc5ccccc5c4)cc3)c3cccc4c3oc3ccccc34)cccc21. The summed E-state index contributed by atoms with van der Waals surface area (Å²) in [4.78, 5) is 2.40. The number of nitrogens with zero attached hydrogens (tertiary/aromatic N) is 1. The predicted molar refractivity (Wildman–Crippen MR) is 215 cm³/mol. The van der Waals surface area contributed by atoms with Gasteiger partial charge in [0.25, 0.3) is 0 Å². The van der Waals surface area contributed by atoms with Crippen molar-refractivity contribution in [1.82, 2.24) is 0 Å². The van der Waals surface area contributed by atoms with Gasteiger partial charge in [-0.2, -0.15) is 0 Å². The van der Waals surface area contributed by atoms with Gasteiger partial charge in [-0.05, 0) is 93.4 Å². The first-order valence-corrected chi connectivity index (χ1v) is 18.0. The Balaban J connectivity index is 1.19. The van der Waals surface area contributed by atoms with E-state index in [1.807, 2.05) is 6.07 Å². The molecular weight excluding hydrogens is 619 g/mol. The van der Waals surface area contributed by atoms with Crippen molar-refractivity contribution in [2.45, 2.75) is 32.1 Å². The van der Waals surface area contributed by atoms with Crippen LogP contribution < -0.4 is 4.90 Å². The average molecular weight is 656 g/mol. The molecule has 0 amide bonds. The summed E-state index contributed by atoms with van der Waals surface area (Å²) in [6, 6.07) is 54.9. The van der Waals surface area contributed by atoms with Gasteiger partial charge in [-0.3, -0.25) is 0 Å². The van der Waals surface area contributed by atoms with Gasteiger partial charge in [0.15, 0.2) is 5.58 Å². The number of allylic oxidation sites excluding steroid dienone is 4. The van der Waals surface area contributed by atoms with Crippen LogP contribution in [0.2, 0.25) is 0 Å². The maximum Gasteiger partial charge on any atom is 0.159 e. The highest BCUT2D eigenvalue weighted by Crippen LogP contribution is 2.54. The topological polar surface area (TPSA) is 16.4 Å². The monoisotopic (exact) mass is 655 g/mol. The lowest BCUT2D eigenvalue weighted by atomic mass is 9.78. The molecule has 2 aliphatic carbocycles. The second-order valence-corrected chi connectivity index (χ2v) is 14.4. The third kappa shape index (κ3) is 4.63. The van der Waals surface area contributed by atoms with Gasteiger partial charge in [-0.1, -0.05) is 147 Å².